The van der Waals surface area contributed by atoms with Gasteiger partial charge in [-0.05, 0) is 18.6 Å². The molecule has 1 amide bonds. The first-order valence-corrected chi connectivity index (χ1v) is 7.31. The van der Waals surface area contributed by atoms with Gasteiger partial charge in [0.15, 0.2) is 0 Å². The number of furan rings is 1. The molecule has 1 aliphatic carbocycles. The summed E-state index contributed by atoms with van der Waals surface area (Å²) >= 11 is 0. The number of aryl methyl sites for hydroxylation is 1. The number of carbonyl (C=O) groups excluding carboxylic acids is 1. The summed E-state index contributed by atoms with van der Waals surface area (Å²) in [6, 6.07) is 3.53. The maximum absolute atomic E-state index is 12.5. The molecule has 1 aromatic rings. The highest BCUT2D eigenvalue weighted by Gasteiger charge is 2.51. The summed E-state index contributed by atoms with van der Waals surface area (Å²) in [5.74, 6) is -0.299. The SMILES string of the molecule is CCc1ccc([C@@H]2COCCN2C(=O)[C@H]2C[C@H]2C(=O)O)o1. The second-order valence-electron chi connectivity index (χ2n) is 5.57. The average molecular weight is 293 g/mol. The predicted octanol–water partition coefficient (Wildman–Crippen LogP) is 1.46. The smallest absolute Gasteiger partial charge is 0.307 e. The average Bonchev–Trinajstić information content (AvgIpc) is 3.17. The number of carboxylic acid groups (broad SMARTS) is 1. The van der Waals surface area contributed by atoms with Crippen molar-refractivity contribution in [1.29, 1.82) is 0 Å². The first kappa shape index (κ1) is 14.1. The highest BCUT2D eigenvalue weighted by atomic mass is 16.5. The van der Waals surface area contributed by atoms with Crippen molar-refractivity contribution in [3.8, 4) is 0 Å². The molecule has 3 rings (SSSR count). The van der Waals surface area contributed by atoms with Gasteiger partial charge in [0.25, 0.3) is 0 Å². The highest BCUT2D eigenvalue weighted by molar-refractivity contribution is 5.89. The standard InChI is InChI=1S/C15H19NO5/c1-2-9-3-4-13(21-9)12-8-20-6-5-16(12)14(17)10-7-11(10)15(18)19/h3-4,10-12H,2,5-8H2,1H3,(H,18,19)/t10-,11+,12-/m0/s1. The second kappa shape index (κ2) is 5.52. The molecule has 1 saturated heterocycles. The first-order chi connectivity index (χ1) is 10.1. The Bertz CT molecular complexity index is 552. The van der Waals surface area contributed by atoms with Gasteiger partial charge in [0.2, 0.25) is 5.91 Å². The van der Waals surface area contributed by atoms with E-state index in [2.05, 4.69) is 0 Å². The normalized spacial score (nSPS) is 28.4. The Morgan fingerprint density at radius 1 is 1.38 bits per heavy atom. The van der Waals surface area contributed by atoms with Gasteiger partial charge in [-0.25, -0.2) is 0 Å². The van der Waals surface area contributed by atoms with E-state index in [1.165, 1.54) is 0 Å². The van der Waals surface area contributed by atoms with Crippen LogP contribution in [0.1, 0.15) is 30.9 Å². The van der Waals surface area contributed by atoms with Crippen molar-refractivity contribution in [2.24, 2.45) is 11.8 Å². The van der Waals surface area contributed by atoms with Crippen molar-refractivity contribution in [1.82, 2.24) is 4.90 Å². The van der Waals surface area contributed by atoms with Gasteiger partial charge in [0.1, 0.15) is 17.6 Å². The van der Waals surface area contributed by atoms with Gasteiger partial charge >= 0.3 is 5.97 Å². The Morgan fingerprint density at radius 2 is 2.19 bits per heavy atom. The Hall–Kier alpha value is -1.82. The Balaban J connectivity index is 1.75. The summed E-state index contributed by atoms with van der Waals surface area (Å²) in [6.07, 6.45) is 1.24. The zero-order valence-electron chi connectivity index (χ0n) is 11.9. The lowest BCUT2D eigenvalue weighted by Gasteiger charge is -2.34. The van der Waals surface area contributed by atoms with Crippen LogP contribution in [0.5, 0.6) is 0 Å². The molecule has 0 spiro atoms. The summed E-state index contributed by atoms with van der Waals surface area (Å²) in [5, 5.41) is 8.98. The highest BCUT2D eigenvalue weighted by Crippen LogP contribution is 2.42. The van der Waals surface area contributed by atoms with E-state index >= 15 is 0 Å². The van der Waals surface area contributed by atoms with E-state index in [1.54, 1.807) is 4.90 Å². The van der Waals surface area contributed by atoms with Crippen LogP contribution in [0.3, 0.4) is 0 Å². The molecule has 21 heavy (non-hydrogen) atoms. The molecule has 2 aliphatic rings. The fraction of sp³-hybridized carbons (Fsp3) is 0.600. The molecule has 0 aromatic carbocycles. The number of hydrogen-bond acceptors (Lipinski definition) is 4. The largest absolute Gasteiger partial charge is 0.481 e. The number of rotatable bonds is 4. The number of carbonyl (C=O) groups is 2. The number of nitrogens with zero attached hydrogens (tertiary/aromatic N) is 1. The van der Waals surface area contributed by atoms with Gasteiger partial charge in [0, 0.05) is 13.0 Å². The fourth-order valence-corrected chi connectivity index (χ4v) is 2.82. The molecule has 6 heteroatoms. The van der Waals surface area contributed by atoms with Crippen LogP contribution in [0, 0.1) is 11.8 Å². The van der Waals surface area contributed by atoms with Crippen molar-refractivity contribution in [3.63, 3.8) is 0 Å². The molecule has 0 unspecified atom stereocenters. The lowest BCUT2D eigenvalue weighted by Crippen LogP contribution is -2.44. The molecule has 2 fully saturated rings. The van der Waals surface area contributed by atoms with E-state index in [4.69, 9.17) is 14.3 Å². The monoisotopic (exact) mass is 293 g/mol. The second-order valence-corrected chi connectivity index (χ2v) is 5.57. The molecule has 3 atom stereocenters. The van der Waals surface area contributed by atoms with E-state index in [-0.39, 0.29) is 17.9 Å². The minimum Gasteiger partial charge on any atom is -0.481 e. The van der Waals surface area contributed by atoms with Crippen LogP contribution in [0.4, 0.5) is 0 Å². The Morgan fingerprint density at radius 3 is 2.81 bits per heavy atom. The summed E-state index contributed by atoms with van der Waals surface area (Å²) in [7, 11) is 0. The Kier molecular flexibility index (Phi) is 3.71. The minimum atomic E-state index is -0.885. The van der Waals surface area contributed by atoms with Crippen molar-refractivity contribution in [2.45, 2.75) is 25.8 Å². The Labute approximate surface area is 122 Å². The van der Waals surface area contributed by atoms with Gasteiger partial charge in [-0.2, -0.15) is 0 Å². The van der Waals surface area contributed by atoms with E-state index in [9.17, 15) is 9.59 Å². The maximum Gasteiger partial charge on any atom is 0.307 e. The number of morpholine rings is 1. The molecular formula is C15H19NO5. The van der Waals surface area contributed by atoms with Gasteiger partial charge in [-0.1, -0.05) is 6.92 Å². The van der Waals surface area contributed by atoms with Gasteiger partial charge in [0.05, 0.1) is 25.0 Å². The van der Waals surface area contributed by atoms with Crippen molar-refractivity contribution in [2.75, 3.05) is 19.8 Å². The van der Waals surface area contributed by atoms with Crippen molar-refractivity contribution < 1.29 is 23.8 Å². The van der Waals surface area contributed by atoms with E-state index in [1.807, 2.05) is 19.1 Å². The third-order valence-corrected chi connectivity index (χ3v) is 4.20. The zero-order valence-corrected chi connectivity index (χ0v) is 11.9. The molecule has 6 nitrogen and oxygen atoms in total. The van der Waals surface area contributed by atoms with Crippen molar-refractivity contribution >= 4 is 11.9 Å². The van der Waals surface area contributed by atoms with E-state index < -0.39 is 11.9 Å². The summed E-state index contributed by atoms with van der Waals surface area (Å²) < 4.78 is 11.2. The van der Waals surface area contributed by atoms with E-state index in [0.29, 0.717) is 31.9 Å². The molecule has 1 aromatic heterocycles. The first-order valence-electron chi connectivity index (χ1n) is 7.31. The van der Waals surface area contributed by atoms with Gasteiger partial charge in [-0.3, -0.25) is 9.59 Å². The third-order valence-electron chi connectivity index (χ3n) is 4.20. The quantitative estimate of drug-likeness (QED) is 0.909. The number of aliphatic carboxylic acids is 1. The van der Waals surface area contributed by atoms with Crippen LogP contribution < -0.4 is 0 Å². The van der Waals surface area contributed by atoms with Crippen LogP contribution in [-0.4, -0.2) is 41.6 Å². The molecule has 1 saturated carbocycles. The number of hydrogen-bond donors (Lipinski definition) is 1. The molecule has 114 valence electrons. The summed E-state index contributed by atoms with van der Waals surface area (Å²) in [6.45, 7) is 3.36. The number of amides is 1. The fourth-order valence-electron chi connectivity index (χ4n) is 2.82. The van der Waals surface area contributed by atoms with Gasteiger partial charge in [-0.15, -0.1) is 0 Å². The molecule has 2 heterocycles. The number of carboxylic acids is 1. The topological polar surface area (TPSA) is 80.0 Å². The predicted molar refractivity (Wildman–Crippen MR) is 72.6 cm³/mol. The molecule has 1 N–H and O–H groups in total. The molecule has 0 bridgehead atoms. The number of ether oxygens (including phenoxy) is 1. The lowest BCUT2D eigenvalue weighted by molar-refractivity contribution is -0.146. The summed E-state index contributed by atoms with van der Waals surface area (Å²) in [4.78, 5) is 25.2. The van der Waals surface area contributed by atoms with Crippen LogP contribution in [-0.2, 0) is 20.7 Å². The van der Waals surface area contributed by atoms with Crippen LogP contribution in [0.15, 0.2) is 16.5 Å². The van der Waals surface area contributed by atoms with Crippen LogP contribution >= 0.6 is 0 Å². The minimum absolute atomic E-state index is 0.0925. The van der Waals surface area contributed by atoms with Gasteiger partial charge < -0.3 is 19.2 Å². The third kappa shape index (κ3) is 2.68. The molecule has 1 aliphatic heterocycles. The van der Waals surface area contributed by atoms with Crippen LogP contribution in [0.25, 0.3) is 0 Å². The molecular weight excluding hydrogens is 274 g/mol. The van der Waals surface area contributed by atoms with E-state index in [0.717, 1.165) is 12.2 Å². The maximum atomic E-state index is 12.5. The molecule has 0 radical (unpaired) electrons. The van der Waals surface area contributed by atoms with Crippen molar-refractivity contribution in [3.05, 3.63) is 23.7 Å². The van der Waals surface area contributed by atoms with Crippen LogP contribution in [0.2, 0.25) is 0 Å². The lowest BCUT2D eigenvalue weighted by atomic mass is 10.1. The summed E-state index contributed by atoms with van der Waals surface area (Å²) in [5.41, 5.74) is 0. The zero-order chi connectivity index (χ0) is 15.0.